The highest BCUT2D eigenvalue weighted by atomic mass is 16.7. The van der Waals surface area contributed by atoms with E-state index >= 15 is 0 Å². The number of carbonyl (C=O) groups is 1. The fraction of sp³-hybridized carbons (Fsp3) is 0.455. The quantitative estimate of drug-likeness (QED) is 0.685. The number of aliphatic hydroxyl groups is 1. The van der Waals surface area contributed by atoms with E-state index in [4.69, 9.17) is 9.47 Å². The van der Waals surface area contributed by atoms with Gasteiger partial charge in [0, 0.05) is 43.4 Å². The second-order valence-corrected chi connectivity index (χ2v) is 7.31. The molecule has 0 bridgehead atoms. The number of para-hydroxylation sites is 1. The summed E-state index contributed by atoms with van der Waals surface area (Å²) in [7, 11) is 1.80. The van der Waals surface area contributed by atoms with Gasteiger partial charge in [-0.2, -0.15) is 0 Å². The molecule has 3 atom stereocenters. The lowest BCUT2D eigenvalue weighted by Gasteiger charge is -2.36. The third kappa shape index (κ3) is 4.06. The number of aliphatic carboxylic acids is 1. The van der Waals surface area contributed by atoms with Gasteiger partial charge in [-0.3, -0.25) is 9.48 Å². The molecule has 8 nitrogen and oxygen atoms in total. The molecule has 0 spiro atoms. The minimum absolute atomic E-state index is 0.0143. The predicted molar refractivity (Wildman–Crippen MR) is 111 cm³/mol. The van der Waals surface area contributed by atoms with Gasteiger partial charge in [-0.15, -0.1) is 0 Å². The Hall–Kier alpha value is -2.84. The summed E-state index contributed by atoms with van der Waals surface area (Å²) in [5.41, 5.74) is 1.76. The Morgan fingerprint density at radius 1 is 1.27 bits per heavy atom. The normalized spacial score (nSPS) is 21.2. The van der Waals surface area contributed by atoms with E-state index in [1.54, 1.807) is 23.3 Å². The molecule has 0 amide bonds. The molecule has 1 aliphatic heterocycles. The van der Waals surface area contributed by atoms with E-state index < -0.39 is 18.2 Å². The number of carboxylic acid groups (broad SMARTS) is 1. The standard InChI is InChI=1S/C22H28N2O6/c1-4-29-22-16(11-8-12-25)17(13-18(30-22)21(27)28)19-14(2)23(3)24(20(19)26)15-9-6-5-7-10-15/h5-7,9-10,13,16-17,22,25H,4,8,11-12H2,1-3H3,(H,27,28)/t16-,17+,22-/m1/s1. The van der Waals surface area contributed by atoms with Crippen LogP contribution in [0.5, 0.6) is 0 Å². The minimum Gasteiger partial charge on any atom is -0.475 e. The zero-order valence-corrected chi connectivity index (χ0v) is 17.4. The van der Waals surface area contributed by atoms with Gasteiger partial charge in [0.15, 0.2) is 0 Å². The first-order valence-corrected chi connectivity index (χ1v) is 10.1. The number of allylic oxidation sites excluding steroid dienone is 1. The van der Waals surface area contributed by atoms with Gasteiger partial charge in [-0.1, -0.05) is 18.2 Å². The van der Waals surface area contributed by atoms with E-state index in [2.05, 4.69) is 0 Å². The lowest BCUT2D eigenvalue weighted by atomic mass is 9.80. The molecule has 1 aromatic heterocycles. The number of benzene rings is 1. The Bertz CT molecular complexity index is 976. The first-order valence-electron chi connectivity index (χ1n) is 10.1. The number of aromatic nitrogens is 2. The lowest BCUT2D eigenvalue weighted by Crippen LogP contribution is -2.38. The van der Waals surface area contributed by atoms with Crippen molar-refractivity contribution < 1.29 is 24.5 Å². The molecule has 0 radical (unpaired) electrons. The Morgan fingerprint density at radius 2 is 1.97 bits per heavy atom. The summed E-state index contributed by atoms with van der Waals surface area (Å²) in [6.07, 6.45) is 1.70. The van der Waals surface area contributed by atoms with Crippen molar-refractivity contribution in [1.29, 1.82) is 0 Å². The Balaban J connectivity index is 2.18. The topological polar surface area (TPSA) is 103 Å². The van der Waals surface area contributed by atoms with Gasteiger partial charge >= 0.3 is 5.97 Å². The summed E-state index contributed by atoms with van der Waals surface area (Å²) in [6.45, 7) is 3.97. The molecule has 1 aromatic carbocycles. The van der Waals surface area contributed by atoms with Gasteiger partial charge in [0.1, 0.15) is 0 Å². The Morgan fingerprint density at radius 3 is 2.57 bits per heavy atom. The molecule has 162 valence electrons. The summed E-state index contributed by atoms with van der Waals surface area (Å²) >= 11 is 0. The molecule has 8 heteroatoms. The van der Waals surface area contributed by atoms with E-state index in [1.165, 1.54) is 6.08 Å². The molecular weight excluding hydrogens is 388 g/mol. The average molecular weight is 416 g/mol. The molecule has 0 fully saturated rings. The van der Waals surface area contributed by atoms with E-state index in [9.17, 15) is 19.8 Å². The second kappa shape index (κ2) is 9.32. The fourth-order valence-corrected chi connectivity index (χ4v) is 4.06. The van der Waals surface area contributed by atoms with Crippen LogP contribution in [0.2, 0.25) is 0 Å². The maximum atomic E-state index is 13.5. The predicted octanol–water partition coefficient (Wildman–Crippen LogP) is 2.32. The highest BCUT2D eigenvalue weighted by Crippen LogP contribution is 2.39. The van der Waals surface area contributed by atoms with Crippen molar-refractivity contribution in [2.24, 2.45) is 13.0 Å². The molecule has 0 saturated carbocycles. The SMILES string of the molecule is CCO[C@@H]1OC(C(=O)O)=C[C@H](c2c(C)n(C)n(-c3ccccc3)c2=O)[C@H]1CCCO. The molecule has 0 unspecified atom stereocenters. The molecular formula is C22H28N2O6. The molecule has 2 aromatic rings. The van der Waals surface area contributed by atoms with Crippen molar-refractivity contribution >= 4 is 5.97 Å². The van der Waals surface area contributed by atoms with Crippen LogP contribution in [0.4, 0.5) is 0 Å². The van der Waals surface area contributed by atoms with Crippen LogP contribution in [0.1, 0.15) is 36.9 Å². The summed E-state index contributed by atoms with van der Waals surface area (Å²) in [5, 5.41) is 18.9. The number of rotatable bonds is 8. The van der Waals surface area contributed by atoms with Gasteiger partial charge in [-0.25, -0.2) is 9.48 Å². The van der Waals surface area contributed by atoms with E-state index in [-0.39, 0.29) is 23.8 Å². The van der Waals surface area contributed by atoms with Gasteiger partial charge in [0.2, 0.25) is 12.0 Å². The first kappa shape index (κ1) is 21.9. The molecule has 0 aliphatic carbocycles. The third-order valence-electron chi connectivity index (χ3n) is 5.55. The Labute approximate surface area is 174 Å². The zero-order valence-electron chi connectivity index (χ0n) is 17.4. The van der Waals surface area contributed by atoms with Crippen molar-refractivity contribution in [3.8, 4) is 5.69 Å². The van der Waals surface area contributed by atoms with Crippen LogP contribution in [0, 0.1) is 12.8 Å². The van der Waals surface area contributed by atoms with Crippen molar-refractivity contribution in [2.75, 3.05) is 13.2 Å². The summed E-state index contributed by atoms with van der Waals surface area (Å²) < 4.78 is 14.6. The first-order chi connectivity index (χ1) is 14.4. The lowest BCUT2D eigenvalue weighted by molar-refractivity contribution is -0.173. The third-order valence-corrected chi connectivity index (χ3v) is 5.55. The number of nitrogens with zero attached hydrogens (tertiary/aromatic N) is 2. The van der Waals surface area contributed by atoms with E-state index in [0.717, 1.165) is 11.4 Å². The van der Waals surface area contributed by atoms with Gasteiger partial charge in [0.05, 0.1) is 5.69 Å². The number of ether oxygens (including phenoxy) is 2. The van der Waals surface area contributed by atoms with Crippen LogP contribution >= 0.6 is 0 Å². The van der Waals surface area contributed by atoms with Crippen LogP contribution < -0.4 is 5.56 Å². The van der Waals surface area contributed by atoms with Crippen LogP contribution in [-0.4, -0.2) is 45.0 Å². The molecule has 1 aliphatic rings. The summed E-state index contributed by atoms with van der Waals surface area (Å²) in [4.78, 5) is 25.2. The molecule has 2 N–H and O–H groups in total. The molecule has 2 heterocycles. The van der Waals surface area contributed by atoms with E-state index in [0.29, 0.717) is 25.0 Å². The van der Waals surface area contributed by atoms with Gasteiger partial charge < -0.3 is 19.7 Å². The maximum Gasteiger partial charge on any atom is 0.370 e. The van der Waals surface area contributed by atoms with Crippen molar-refractivity contribution in [3.63, 3.8) is 0 Å². The van der Waals surface area contributed by atoms with Crippen molar-refractivity contribution in [3.05, 3.63) is 63.8 Å². The average Bonchev–Trinajstić information content (AvgIpc) is 2.95. The van der Waals surface area contributed by atoms with Crippen LogP contribution in [0.15, 0.2) is 47.0 Å². The minimum atomic E-state index is -1.21. The van der Waals surface area contributed by atoms with Crippen LogP contribution in [-0.2, 0) is 21.3 Å². The number of carboxylic acids is 1. The Kier molecular flexibility index (Phi) is 6.79. The maximum absolute atomic E-state index is 13.5. The molecule has 0 saturated heterocycles. The van der Waals surface area contributed by atoms with Gasteiger partial charge in [0.25, 0.3) is 5.56 Å². The summed E-state index contributed by atoms with van der Waals surface area (Å²) in [6, 6.07) is 9.29. The number of hydrogen-bond acceptors (Lipinski definition) is 5. The highest BCUT2D eigenvalue weighted by Gasteiger charge is 2.40. The molecule has 30 heavy (non-hydrogen) atoms. The number of aliphatic hydroxyl groups excluding tert-OH is 1. The van der Waals surface area contributed by atoms with Crippen LogP contribution in [0.25, 0.3) is 5.69 Å². The number of hydrogen-bond donors (Lipinski definition) is 2. The largest absolute Gasteiger partial charge is 0.475 e. The van der Waals surface area contributed by atoms with E-state index in [1.807, 2.05) is 37.3 Å². The smallest absolute Gasteiger partial charge is 0.370 e. The monoisotopic (exact) mass is 416 g/mol. The van der Waals surface area contributed by atoms with Gasteiger partial charge in [-0.05, 0) is 44.9 Å². The van der Waals surface area contributed by atoms with Crippen LogP contribution in [0.3, 0.4) is 0 Å². The fourth-order valence-electron chi connectivity index (χ4n) is 4.06. The van der Waals surface area contributed by atoms with Crippen molar-refractivity contribution in [1.82, 2.24) is 9.36 Å². The van der Waals surface area contributed by atoms with Crippen molar-refractivity contribution in [2.45, 2.75) is 38.9 Å². The second-order valence-electron chi connectivity index (χ2n) is 7.31. The highest BCUT2D eigenvalue weighted by molar-refractivity contribution is 5.84. The molecule has 3 rings (SSSR count). The summed E-state index contributed by atoms with van der Waals surface area (Å²) in [5.74, 6) is -2.26. The zero-order chi connectivity index (χ0) is 21.8.